The number of rotatable bonds is 3. The molecule has 0 aliphatic rings. The van der Waals surface area contributed by atoms with E-state index in [2.05, 4.69) is 48.9 Å². The van der Waals surface area contributed by atoms with Crippen molar-refractivity contribution in [3.63, 3.8) is 0 Å². The van der Waals surface area contributed by atoms with Crippen LogP contribution in [0.25, 0.3) is 11.4 Å². The van der Waals surface area contributed by atoms with Crippen molar-refractivity contribution in [2.24, 2.45) is 5.92 Å². The van der Waals surface area contributed by atoms with E-state index < -0.39 is 0 Å². The Morgan fingerprint density at radius 3 is 2.56 bits per heavy atom. The Morgan fingerprint density at radius 1 is 1.22 bits per heavy atom. The molecule has 0 bridgehead atoms. The first-order valence-corrected chi connectivity index (χ1v) is 6.70. The highest BCUT2D eigenvalue weighted by atomic mass is 35.5. The standard InChI is InChI=1S/C15H19ClN2/c1-9(2)13(16)14-11(4)17-15(18-14)12-7-5-6-10(3)8-12/h5-9,13H,1-4H3,(H,17,18). The Kier molecular flexibility index (Phi) is 3.76. The molecule has 2 rings (SSSR count). The van der Waals surface area contributed by atoms with Gasteiger partial charge in [-0.05, 0) is 25.8 Å². The fourth-order valence-corrected chi connectivity index (χ4v) is 2.20. The summed E-state index contributed by atoms with van der Waals surface area (Å²) >= 11 is 6.40. The molecule has 0 spiro atoms. The molecule has 2 aromatic rings. The van der Waals surface area contributed by atoms with Crippen molar-refractivity contribution in [2.75, 3.05) is 0 Å². The van der Waals surface area contributed by atoms with Crippen LogP contribution >= 0.6 is 11.6 Å². The summed E-state index contributed by atoms with van der Waals surface area (Å²) in [7, 11) is 0. The zero-order chi connectivity index (χ0) is 13.3. The summed E-state index contributed by atoms with van der Waals surface area (Å²) in [6, 6.07) is 8.32. The first-order valence-electron chi connectivity index (χ1n) is 6.26. The molecular formula is C15H19ClN2. The van der Waals surface area contributed by atoms with Gasteiger partial charge < -0.3 is 4.98 Å². The molecule has 1 aromatic carbocycles. The van der Waals surface area contributed by atoms with Crippen LogP contribution in [0, 0.1) is 19.8 Å². The molecule has 96 valence electrons. The fourth-order valence-electron chi connectivity index (χ4n) is 1.99. The van der Waals surface area contributed by atoms with Crippen molar-refractivity contribution in [3.05, 3.63) is 41.2 Å². The lowest BCUT2D eigenvalue weighted by molar-refractivity contribution is 0.612. The van der Waals surface area contributed by atoms with Crippen LogP contribution in [0.4, 0.5) is 0 Å². The van der Waals surface area contributed by atoms with Gasteiger partial charge in [0.2, 0.25) is 0 Å². The molecule has 0 radical (unpaired) electrons. The fraction of sp³-hybridized carbons (Fsp3) is 0.400. The third-order valence-electron chi connectivity index (χ3n) is 3.06. The zero-order valence-electron chi connectivity index (χ0n) is 11.3. The first kappa shape index (κ1) is 13.2. The second-order valence-electron chi connectivity index (χ2n) is 5.11. The normalized spacial score (nSPS) is 13.0. The van der Waals surface area contributed by atoms with Crippen molar-refractivity contribution in [2.45, 2.75) is 33.1 Å². The number of alkyl halides is 1. The van der Waals surface area contributed by atoms with E-state index in [1.165, 1.54) is 5.56 Å². The first-order chi connectivity index (χ1) is 8.49. The maximum Gasteiger partial charge on any atom is 0.137 e. The van der Waals surface area contributed by atoms with Crippen molar-refractivity contribution < 1.29 is 0 Å². The number of hydrogen-bond donors (Lipinski definition) is 1. The number of aryl methyl sites for hydroxylation is 2. The van der Waals surface area contributed by atoms with Crippen LogP contribution in [0.5, 0.6) is 0 Å². The molecule has 0 fully saturated rings. The van der Waals surface area contributed by atoms with Gasteiger partial charge in [0, 0.05) is 11.3 Å². The zero-order valence-corrected chi connectivity index (χ0v) is 12.0. The van der Waals surface area contributed by atoms with E-state index in [0.29, 0.717) is 5.92 Å². The van der Waals surface area contributed by atoms with Gasteiger partial charge in [0.1, 0.15) is 5.82 Å². The summed E-state index contributed by atoms with van der Waals surface area (Å²) in [4.78, 5) is 7.98. The smallest absolute Gasteiger partial charge is 0.137 e. The third-order valence-corrected chi connectivity index (χ3v) is 3.77. The summed E-state index contributed by atoms with van der Waals surface area (Å²) in [5.74, 6) is 1.27. The number of halogens is 1. The van der Waals surface area contributed by atoms with Crippen LogP contribution < -0.4 is 0 Å². The number of aromatic amines is 1. The minimum absolute atomic E-state index is 0.0418. The number of nitrogens with zero attached hydrogens (tertiary/aromatic N) is 1. The molecule has 18 heavy (non-hydrogen) atoms. The monoisotopic (exact) mass is 262 g/mol. The van der Waals surface area contributed by atoms with Crippen LogP contribution in [-0.4, -0.2) is 9.97 Å². The van der Waals surface area contributed by atoms with E-state index in [0.717, 1.165) is 22.8 Å². The van der Waals surface area contributed by atoms with Crippen LogP contribution in [0.2, 0.25) is 0 Å². The van der Waals surface area contributed by atoms with E-state index in [1.807, 2.05) is 13.0 Å². The van der Waals surface area contributed by atoms with Gasteiger partial charge in [0.15, 0.2) is 0 Å². The minimum atomic E-state index is -0.0418. The predicted octanol–water partition coefficient (Wildman–Crippen LogP) is 4.63. The number of aromatic nitrogens is 2. The molecule has 0 saturated carbocycles. The Hall–Kier alpha value is -1.28. The van der Waals surface area contributed by atoms with E-state index in [1.54, 1.807) is 0 Å². The van der Waals surface area contributed by atoms with Crippen LogP contribution in [0.1, 0.15) is 36.2 Å². The molecular weight excluding hydrogens is 244 g/mol. The van der Waals surface area contributed by atoms with Gasteiger partial charge >= 0.3 is 0 Å². The SMILES string of the molecule is Cc1cccc(-c2nc(C(Cl)C(C)C)c(C)[nH]2)c1. The molecule has 0 saturated heterocycles. The third kappa shape index (κ3) is 2.59. The van der Waals surface area contributed by atoms with Crippen molar-refractivity contribution in [1.82, 2.24) is 9.97 Å². The maximum absolute atomic E-state index is 6.40. The van der Waals surface area contributed by atoms with Gasteiger partial charge in [0.05, 0.1) is 11.1 Å². The number of hydrogen-bond acceptors (Lipinski definition) is 1. The Bertz CT molecular complexity index is 543. The summed E-state index contributed by atoms with van der Waals surface area (Å²) in [5, 5.41) is -0.0418. The molecule has 1 unspecified atom stereocenters. The Morgan fingerprint density at radius 2 is 1.94 bits per heavy atom. The maximum atomic E-state index is 6.40. The molecule has 1 atom stereocenters. The number of benzene rings is 1. The summed E-state index contributed by atoms with van der Waals surface area (Å²) < 4.78 is 0. The van der Waals surface area contributed by atoms with E-state index in [4.69, 9.17) is 11.6 Å². The van der Waals surface area contributed by atoms with Gasteiger partial charge in [-0.25, -0.2) is 4.98 Å². The summed E-state index contributed by atoms with van der Waals surface area (Å²) in [5.41, 5.74) is 4.36. The number of H-pyrrole nitrogens is 1. The highest BCUT2D eigenvalue weighted by molar-refractivity contribution is 6.20. The lowest BCUT2D eigenvalue weighted by Gasteiger charge is -2.10. The second-order valence-corrected chi connectivity index (χ2v) is 5.58. The van der Waals surface area contributed by atoms with Crippen LogP contribution in [0.15, 0.2) is 24.3 Å². The topological polar surface area (TPSA) is 28.7 Å². The van der Waals surface area contributed by atoms with E-state index in [-0.39, 0.29) is 5.38 Å². The summed E-state index contributed by atoms with van der Waals surface area (Å²) in [6.45, 7) is 8.33. The molecule has 1 N–H and O–H groups in total. The number of imidazole rings is 1. The molecule has 1 heterocycles. The van der Waals surface area contributed by atoms with Gasteiger partial charge in [-0.3, -0.25) is 0 Å². The molecule has 0 aliphatic heterocycles. The predicted molar refractivity (Wildman–Crippen MR) is 76.9 cm³/mol. The van der Waals surface area contributed by atoms with Gasteiger partial charge in [-0.2, -0.15) is 0 Å². The largest absolute Gasteiger partial charge is 0.342 e. The van der Waals surface area contributed by atoms with Crippen molar-refractivity contribution >= 4 is 11.6 Å². The quantitative estimate of drug-likeness (QED) is 0.803. The van der Waals surface area contributed by atoms with Gasteiger partial charge in [-0.1, -0.05) is 37.6 Å². The van der Waals surface area contributed by atoms with Gasteiger partial charge in [-0.15, -0.1) is 11.6 Å². The van der Waals surface area contributed by atoms with E-state index in [9.17, 15) is 0 Å². The average Bonchev–Trinajstić information content (AvgIpc) is 2.70. The highest BCUT2D eigenvalue weighted by Crippen LogP contribution is 2.31. The average molecular weight is 263 g/mol. The molecule has 2 nitrogen and oxygen atoms in total. The lowest BCUT2D eigenvalue weighted by atomic mass is 10.1. The molecule has 0 amide bonds. The highest BCUT2D eigenvalue weighted by Gasteiger charge is 2.19. The van der Waals surface area contributed by atoms with Gasteiger partial charge in [0.25, 0.3) is 0 Å². The molecule has 3 heteroatoms. The second kappa shape index (κ2) is 5.15. The van der Waals surface area contributed by atoms with E-state index >= 15 is 0 Å². The van der Waals surface area contributed by atoms with Crippen LogP contribution in [-0.2, 0) is 0 Å². The molecule has 0 aliphatic carbocycles. The Balaban J connectivity index is 2.40. The Labute approximate surface area is 113 Å². The molecule has 1 aromatic heterocycles. The minimum Gasteiger partial charge on any atom is -0.342 e. The number of nitrogens with one attached hydrogen (secondary N) is 1. The van der Waals surface area contributed by atoms with Crippen LogP contribution in [0.3, 0.4) is 0 Å². The summed E-state index contributed by atoms with van der Waals surface area (Å²) in [6.07, 6.45) is 0. The lowest BCUT2D eigenvalue weighted by Crippen LogP contribution is -2.01. The van der Waals surface area contributed by atoms with Crippen molar-refractivity contribution in [3.8, 4) is 11.4 Å². The van der Waals surface area contributed by atoms with Crippen molar-refractivity contribution in [1.29, 1.82) is 0 Å².